The van der Waals surface area contributed by atoms with E-state index in [4.69, 9.17) is 21.4 Å². The van der Waals surface area contributed by atoms with Crippen LogP contribution in [0.1, 0.15) is 30.8 Å². The van der Waals surface area contributed by atoms with Crippen LogP contribution in [0.5, 0.6) is 5.75 Å². The summed E-state index contributed by atoms with van der Waals surface area (Å²) >= 11 is 8.27. The highest BCUT2D eigenvalue weighted by atomic mass is 79.9. The zero-order valence-electron chi connectivity index (χ0n) is 13.5. The van der Waals surface area contributed by atoms with Crippen LogP contribution in [0, 0.1) is 5.92 Å². The number of rotatable bonds is 6. The molecule has 24 heavy (non-hydrogen) atoms. The van der Waals surface area contributed by atoms with Crippen molar-refractivity contribution in [3.05, 3.63) is 46.8 Å². The molecule has 0 aliphatic heterocycles. The van der Waals surface area contributed by atoms with Crippen molar-refractivity contribution in [1.82, 2.24) is 5.32 Å². The van der Waals surface area contributed by atoms with Crippen molar-refractivity contribution in [2.45, 2.75) is 20.3 Å². The molecule has 1 amide bonds. The zero-order valence-corrected chi connectivity index (χ0v) is 15.9. The smallest absolute Gasteiger partial charge is 0.293 e. The van der Waals surface area contributed by atoms with Crippen LogP contribution in [0.15, 0.2) is 45.5 Å². The van der Waals surface area contributed by atoms with Gasteiger partial charge in [0, 0.05) is 5.69 Å². The van der Waals surface area contributed by atoms with Gasteiger partial charge in [0.25, 0.3) is 5.91 Å². The molecule has 1 heterocycles. The summed E-state index contributed by atoms with van der Waals surface area (Å²) in [5, 5.41) is 5.69. The third-order valence-electron chi connectivity index (χ3n) is 3.10. The maximum absolute atomic E-state index is 11.9. The van der Waals surface area contributed by atoms with Gasteiger partial charge >= 0.3 is 0 Å². The molecule has 0 spiro atoms. The number of thiocarbonyl (C=S) groups is 1. The van der Waals surface area contributed by atoms with Gasteiger partial charge in [-0.15, -0.1) is 0 Å². The van der Waals surface area contributed by atoms with Crippen LogP contribution >= 0.6 is 28.1 Å². The van der Waals surface area contributed by atoms with Gasteiger partial charge < -0.3 is 14.5 Å². The summed E-state index contributed by atoms with van der Waals surface area (Å²) in [4.78, 5) is 11.9. The number of carbonyl (C=O) groups is 1. The van der Waals surface area contributed by atoms with Crippen molar-refractivity contribution >= 4 is 44.9 Å². The zero-order chi connectivity index (χ0) is 17.5. The van der Waals surface area contributed by atoms with Crippen LogP contribution in [0.2, 0.25) is 0 Å². The van der Waals surface area contributed by atoms with E-state index in [-0.39, 0.29) is 10.9 Å². The number of hydrogen-bond acceptors (Lipinski definition) is 4. The van der Waals surface area contributed by atoms with E-state index < -0.39 is 5.91 Å². The number of amides is 1. The van der Waals surface area contributed by atoms with Crippen molar-refractivity contribution in [3.8, 4) is 5.75 Å². The van der Waals surface area contributed by atoms with Crippen LogP contribution < -0.4 is 15.4 Å². The van der Waals surface area contributed by atoms with E-state index in [0.717, 1.165) is 17.9 Å². The van der Waals surface area contributed by atoms with Crippen molar-refractivity contribution in [2.75, 3.05) is 11.9 Å². The molecule has 5 nitrogen and oxygen atoms in total. The molecule has 2 aromatic rings. The highest BCUT2D eigenvalue weighted by molar-refractivity contribution is 9.10. The second-order valence-electron chi connectivity index (χ2n) is 5.57. The highest BCUT2D eigenvalue weighted by Crippen LogP contribution is 2.17. The molecule has 0 bridgehead atoms. The molecule has 0 unspecified atom stereocenters. The first-order valence-electron chi connectivity index (χ1n) is 7.54. The lowest BCUT2D eigenvalue weighted by atomic mass is 10.1. The Morgan fingerprint density at radius 1 is 1.25 bits per heavy atom. The van der Waals surface area contributed by atoms with Crippen LogP contribution in [0.25, 0.3) is 0 Å². The van der Waals surface area contributed by atoms with Gasteiger partial charge in [-0.3, -0.25) is 10.1 Å². The van der Waals surface area contributed by atoms with Crippen LogP contribution in [0.4, 0.5) is 5.69 Å². The Morgan fingerprint density at radius 3 is 2.54 bits per heavy atom. The third kappa shape index (κ3) is 5.98. The maximum atomic E-state index is 11.9. The number of anilines is 1. The number of nitrogens with one attached hydrogen (secondary N) is 2. The first kappa shape index (κ1) is 18.5. The lowest BCUT2D eigenvalue weighted by Gasteiger charge is -2.11. The molecule has 2 rings (SSSR count). The minimum absolute atomic E-state index is 0.180. The van der Waals surface area contributed by atoms with E-state index >= 15 is 0 Å². The molecule has 0 saturated heterocycles. The summed E-state index contributed by atoms with van der Waals surface area (Å²) in [5.41, 5.74) is 0.761. The van der Waals surface area contributed by atoms with E-state index in [1.807, 2.05) is 24.3 Å². The summed E-state index contributed by atoms with van der Waals surface area (Å²) in [6.07, 6.45) is 1.01. The quantitative estimate of drug-likeness (QED) is 0.681. The molecule has 128 valence electrons. The summed E-state index contributed by atoms with van der Waals surface area (Å²) < 4.78 is 11.3. The Bertz CT molecular complexity index is 698. The maximum Gasteiger partial charge on any atom is 0.293 e. The summed E-state index contributed by atoms with van der Waals surface area (Å²) in [7, 11) is 0. The SMILES string of the molecule is CC(C)CCOc1ccc(NC(=S)NC(=O)c2ccc(Br)o2)cc1. The highest BCUT2D eigenvalue weighted by Gasteiger charge is 2.12. The lowest BCUT2D eigenvalue weighted by molar-refractivity contribution is 0.0949. The average molecular weight is 411 g/mol. The Hall–Kier alpha value is -1.86. The number of benzene rings is 1. The molecule has 0 aliphatic carbocycles. The van der Waals surface area contributed by atoms with E-state index in [0.29, 0.717) is 17.2 Å². The predicted molar refractivity (Wildman–Crippen MR) is 101 cm³/mol. The molecule has 2 N–H and O–H groups in total. The number of ether oxygens (including phenoxy) is 1. The van der Waals surface area contributed by atoms with Crippen molar-refractivity contribution in [1.29, 1.82) is 0 Å². The molecule has 0 aliphatic rings. The van der Waals surface area contributed by atoms with E-state index in [9.17, 15) is 4.79 Å². The first-order valence-corrected chi connectivity index (χ1v) is 8.74. The molecule has 7 heteroatoms. The lowest BCUT2D eigenvalue weighted by Crippen LogP contribution is -2.33. The number of furan rings is 1. The molecule has 0 fully saturated rings. The standard InChI is InChI=1S/C17H19BrN2O3S/c1-11(2)9-10-22-13-5-3-12(4-6-13)19-17(24)20-16(21)14-7-8-15(18)23-14/h3-8,11H,9-10H2,1-2H3,(H2,19,20,21,24). The van der Waals surface area contributed by atoms with Gasteiger partial charge in [-0.1, -0.05) is 13.8 Å². The topological polar surface area (TPSA) is 63.5 Å². The predicted octanol–water partition coefficient (Wildman–Crippen LogP) is 4.59. The van der Waals surface area contributed by atoms with Crippen molar-refractivity contribution < 1.29 is 13.9 Å². The molecule has 0 saturated carbocycles. The van der Waals surface area contributed by atoms with Crippen molar-refractivity contribution in [3.63, 3.8) is 0 Å². The van der Waals surface area contributed by atoms with Gasteiger partial charge in [-0.05, 0) is 76.9 Å². The van der Waals surface area contributed by atoms with E-state index in [2.05, 4.69) is 40.4 Å². The Balaban J connectivity index is 1.82. The van der Waals surface area contributed by atoms with E-state index in [1.54, 1.807) is 12.1 Å². The van der Waals surface area contributed by atoms with Gasteiger partial charge in [0.1, 0.15) is 5.75 Å². The number of carbonyl (C=O) groups excluding carboxylic acids is 1. The first-order chi connectivity index (χ1) is 11.4. The monoisotopic (exact) mass is 410 g/mol. The van der Waals surface area contributed by atoms with E-state index in [1.165, 1.54) is 0 Å². The summed E-state index contributed by atoms with van der Waals surface area (Å²) in [6.45, 7) is 5.01. The third-order valence-corrected chi connectivity index (χ3v) is 3.73. The second kappa shape index (κ2) is 8.84. The average Bonchev–Trinajstić information content (AvgIpc) is 2.95. The number of halogens is 1. The molecular weight excluding hydrogens is 392 g/mol. The summed E-state index contributed by atoms with van der Waals surface area (Å²) in [6, 6.07) is 10.6. The molecular formula is C17H19BrN2O3S. The fraction of sp³-hybridized carbons (Fsp3) is 0.294. The molecule has 1 aromatic heterocycles. The Morgan fingerprint density at radius 2 is 1.96 bits per heavy atom. The number of hydrogen-bond donors (Lipinski definition) is 2. The Labute approximate surface area is 154 Å². The minimum atomic E-state index is -0.410. The minimum Gasteiger partial charge on any atom is -0.494 e. The fourth-order valence-corrected chi connectivity index (χ4v) is 2.33. The second-order valence-corrected chi connectivity index (χ2v) is 6.76. The van der Waals surface area contributed by atoms with Crippen LogP contribution in [-0.4, -0.2) is 17.6 Å². The fourth-order valence-electron chi connectivity index (χ4n) is 1.81. The Kier molecular flexibility index (Phi) is 6.81. The van der Waals surface area contributed by atoms with Gasteiger partial charge in [0.15, 0.2) is 15.5 Å². The van der Waals surface area contributed by atoms with Crippen LogP contribution in [-0.2, 0) is 0 Å². The molecule has 0 radical (unpaired) electrons. The molecule has 1 aromatic carbocycles. The largest absolute Gasteiger partial charge is 0.494 e. The normalized spacial score (nSPS) is 10.5. The van der Waals surface area contributed by atoms with Gasteiger partial charge in [0.05, 0.1) is 6.61 Å². The van der Waals surface area contributed by atoms with Gasteiger partial charge in [-0.2, -0.15) is 0 Å². The van der Waals surface area contributed by atoms with Gasteiger partial charge in [-0.25, -0.2) is 0 Å². The molecule has 0 atom stereocenters. The van der Waals surface area contributed by atoms with Crippen LogP contribution in [0.3, 0.4) is 0 Å². The van der Waals surface area contributed by atoms with Gasteiger partial charge in [0.2, 0.25) is 0 Å². The van der Waals surface area contributed by atoms with Crippen molar-refractivity contribution in [2.24, 2.45) is 5.92 Å². The summed E-state index contributed by atoms with van der Waals surface area (Å²) in [5.74, 6) is 1.19.